The molecule has 3 rings (SSSR count). The Bertz CT molecular complexity index is 1020. The van der Waals surface area contributed by atoms with Crippen molar-refractivity contribution in [1.29, 1.82) is 0 Å². The highest BCUT2D eigenvalue weighted by atomic mass is 32.1. The quantitative estimate of drug-likeness (QED) is 0.658. The second kappa shape index (κ2) is 8.35. The Kier molecular flexibility index (Phi) is 5.90. The minimum Gasteiger partial charge on any atom is -0.332 e. The standard InChI is InChI=1S/C22H24N4OS/c1-14-7-5-6-8-19(14)21(27)24-22(28)23-18-11-9-17(10-12-18)13-20-15(2)25-26(4)16(20)3/h5-12H,13H2,1-4H3,(H2,23,24,27,28). The van der Waals surface area contributed by atoms with Gasteiger partial charge in [-0.1, -0.05) is 30.3 Å². The molecule has 0 aliphatic heterocycles. The smallest absolute Gasteiger partial charge is 0.257 e. The molecule has 144 valence electrons. The predicted molar refractivity (Wildman–Crippen MR) is 117 cm³/mol. The number of anilines is 1. The zero-order chi connectivity index (χ0) is 20.3. The Morgan fingerprint density at radius 3 is 2.36 bits per heavy atom. The van der Waals surface area contributed by atoms with E-state index in [2.05, 4.69) is 34.8 Å². The van der Waals surface area contributed by atoms with E-state index in [4.69, 9.17) is 12.2 Å². The van der Waals surface area contributed by atoms with E-state index in [1.807, 2.05) is 55.9 Å². The van der Waals surface area contributed by atoms with Gasteiger partial charge in [-0.3, -0.25) is 14.8 Å². The topological polar surface area (TPSA) is 59.0 Å². The Morgan fingerprint density at radius 1 is 1.07 bits per heavy atom. The fourth-order valence-electron chi connectivity index (χ4n) is 3.14. The minimum atomic E-state index is -0.213. The molecule has 5 nitrogen and oxygen atoms in total. The number of aromatic nitrogens is 2. The molecule has 0 fully saturated rings. The molecule has 6 heteroatoms. The van der Waals surface area contributed by atoms with E-state index < -0.39 is 0 Å². The third-order valence-corrected chi connectivity index (χ3v) is 5.07. The van der Waals surface area contributed by atoms with Gasteiger partial charge in [0.05, 0.1) is 5.69 Å². The molecule has 2 aromatic carbocycles. The van der Waals surface area contributed by atoms with Crippen LogP contribution >= 0.6 is 12.2 Å². The monoisotopic (exact) mass is 392 g/mol. The molecule has 0 spiro atoms. The summed E-state index contributed by atoms with van der Waals surface area (Å²) < 4.78 is 1.91. The predicted octanol–water partition coefficient (Wildman–Crippen LogP) is 4.06. The van der Waals surface area contributed by atoms with Crippen LogP contribution in [0.15, 0.2) is 48.5 Å². The molecule has 0 unspecified atom stereocenters. The third-order valence-electron chi connectivity index (χ3n) is 4.87. The highest BCUT2D eigenvalue weighted by Gasteiger charge is 2.11. The summed E-state index contributed by atoms with van der Waals surface area (Å²) in [5, 5.41) is 10.5. The Hall–Kier alpha value is -2.99. The number of carbonyl (C=O) groups excluding carboxylic acids is 1. The maximum Gasteiger partial charge on any atom is 0.257 e. The number of nitrogens with one attached hydrogen (secondary N) is 2. The lowest BCUT2D eigenvalue weighted by Crippen LogP contribution is -2.34. The van der Waals surface area contributed by atoms with Crippen molar-refractivity contribution in [3.05, 3.63) is 82.2 Å². The highest BCUT2D eigenvalue weighted by Crippen LogP contribution is 2.18. The van der Waals surface area contributed by atoms with Crippen molar-refractivity contribution in [1.82, 2.24) is 15.1 Å². The number of rotatable bonds is 4. The molecule has 0 radical (unpaired) electrons. The van der Waals surface area contributed by atoms with Crippen LogP contribution in [0.2, 0.25) is 0 Å². The Labute approximate surface area is 170 Å². The number of hydrogen-bond donors (Lipinski definition) is 2. The molecule has 28 heavy (non-hydrogen) atoms. The van der Waals surface area contributed by atoms with E-state index in [0.29, 0.717) is 5.56 Å². The van der Waals surface area contributed by atoms with Crippen molar-refractivity contribution >= 4 is 28.9 Å². The van der Waals surface area contributed by atoms with E-state index in [1.54, 1.807) is 6.07 Å². The first-order chi connectivity index (χ1) is 13.3. The fraction of sp³-hybridized carbons (Fsp3) is 0.227. The van der Waals surface area contributed by atoms with Crippen molar-refractivity contribution < 1.29 is 4.79 Å². The third kappa shape index (κ3) is 4.46. The van der Waals surface area contributed by atoms with Gasteiger partial charge in [0, 0.05) is 36.0 Å². The van der Waals surface area contributed by atoms with Crippen LogP contribution in [-0.2, 0) is 13.5 Å². The number of amides is 1. The van der Waals surface area contributed by atoms with Crippen LogP contribution in [0, 0.1) is 20.8 Å². The van der Waals surface area contributed by atoms with Gasteiger partial charge in [-0.2, -0.15) is 5.10 Å². The van der Waals surface area contributed by atoms with Gasteiger partial charge in [0.1, 0.15) is 0 Å². The van der Waals surface area contributed by atoms with Gasteiger partial charge in [-0.05, 0) is 62.3 Å². The van der Waals surface area contributed by atoms with Gasteiger partial charge in [-0.15, -0.1) is 0 Å². The molecule has 1 amide bonds. The van der Waals surface area contributed by atoms with Crippen molar-refractivity contribution in [3.63, 3.8) is 0 Å². The number of hydrogen-bond acceptors (Lipinski definition) is 3. The van der Waals surface area contributed by atoms with Crippen LogP contribution in [0.5, 0.6) is 0 Å². The number of aryl methyl sites for hydroxylation is 3. The highest BCUT2D eigenvalue weighted by molar-refractivity contribution is 7.80. The molecule has 0 saturated carbocycles. The van der Waals surface area contributed by atoms with Gasteiger partial charge in [0.25, 0.3) is 5.91 Å². The lowest BCUT2D eigenvalue weighted by atomic mass is 10.0. The first kappa shape index (κ1) is 19.8. The largest absolute Gasteiger partial charge is 0.332 e. The van der Waals surface area contributed by atoms with Gasteiger partial charge < -0.3 is 5.32 Å². The van der Waals surface area contributed by atoms with Gasteiger partial charge in [-0.25, -0.2) is 0 Å². The molecular weight excluding hydrogens is 368 g/mol. The summed E-state index contributed by atoms with van der Waals surface area (Å²) in [6.45, 7) is 6.02. The average Bonchev–Trinajstić information content (AvgIpc) is 2.89. The zero-order valence-electron chi connectivity index (χ0n) is 16.5. The van der Waals surface area contributed by atoms with E-state index in [0.717, 1.165) is 23.4 Å². The summed E-state index contributed by atoms with van der Waals surface area (Å²) in [6, 6.07) is 15.5. The second-order valence-electron chi connectivity index (χ2n) is 6.87. The lowest BCUT2D eigenvalue weighted by molar-refractivity contribution is 0.0977. The Morgan fingerprint density at radius 2 is 1.75 bits per heavy atom. The summed E-state index contributed by atoms with van der Waals surface area (Å²) >= 11 is 5.28. The SMILES string of the molecule is Cc1ccccc1C(=O)NC(=S)Nc1ccc(Cc2c(C)nn(C)c2C)cc1. The average molecular weight is 393 g/mol. The molecule has 0 saturated heterocycles. The zero-order valence-corrected chi connectivity index (χ0v) is 17.4. The van der Waals surface area contributed by atoms with E-state index in [-0.39, 0.29) is 11.0 Å². The van der Waals surface area contributed by atoms with Gasteiger partial charge >= 0.3 is 0 Å². The number of thiocarbonyl (C=S) groups is 1. The van der Waals surface area contributed by atoms with E-state index >= 15 is 0 Å². The number of benzene rings is 2. The van der Waals surface area contributed by atoms with Crippen molar-refractivity contribution in [2.45, 2.75) is 27.2 Å². The normalized spacial score (nSPS) is 10.6. The summed E-state index contributed by atoms with van der Waals surface area (Å²) in [6.07, 6.45) is 0.834. The van der Waals surface area contributed by atoms with Crippen molar-refractivity contribution in [3.8, 4) is 0 Å². The first-order valence-corrected chi connectivity index (χ1v) is 9.52. The summed E-state index contributed by atoms with van der Waals surface area (Å²) in [5.74, 6) is -0.213. The van der Waals surface area contributed by atoms with Crippen LogP contribution in [-0.4, -0.2) is 20.8 Å². The molecular formula is C22H24N4OS. The van der Waals surface area contributed by atoms with Crippen LogP contribution < -0.4 is 10.6 Å². The van der Waals surface area contributed by atoms with Gasteiger partial charge in [0.15, 0.2) is 5.11 Å². The lowest BCUT2D eigenvalue weighted by Gasteiger charge is -2.11. The fourth-order valence-corrected chi connectivity index (χ4v) is 3.35. The number of nitrogens with zero attached hydrogens (tertiary/aromatic N) is 2. The molecule has 1 heterocycles. The summed E-state index contributed by atoms with van der Waals surface area (Å²) in [7, 11) is 1.96. The van der Waals surface area contributed by atoms with Crippen LogP contribution in [0.3, 0.4) is 0 Å². The van der Waals surface area contributed by atoms with Crippen LogP contribution in [0.25, 0.3) is 0 Å². The molecule has 0 aliphatic rings. The van der Waals surface area contributed by atoms with Gasteiger partial charge in [0.2, 0.25) is 0 Å². The Balaban J connectivity index is 1.61. The van der Waals surface area contributed by atoms with E-state index in [1.165, 1.54) is 16.8 Å². The maximum atomic E-state index is 12.3. The summed E-state index contributed by atoms with van der Waals surface area (Å²) in [4.78, 5) is 12.3. The van der Waals surface area contributed by atoms with Crippen molar-refractivity contribution in [2.75, 3.05) is 5.32 Å². The summed E-state index contributed by atoms with van der Waals surface area (Å²) in [5.41, 5.74) is 7.04. The molecule has 3 aromatic rings. The molecule has 0 aliphatic carbocycles. The molecule has 0 atom stereocenters. The number of carbonyl (C=O) groups is 1. The van der Waals surface area contributed by atoms with Crippen LogP contribution in [0.4, 0.5) is 5.69 Å². The second-order valence-corrected chi connectivity index (χ2v) is 7.28. The maximum absolute atomic E-state index is 12.3. The van der Waals surface area contributed by atoms with Crippen molar-refractivity contribution in [2.24, 2.45) is 7.05 Å². The first-order valence-electron chi connectivity index (χ1n) is 9.11. The molecule has 0 bridgehead atoms. The van der Waals surface area contributed by atoms with E-state index in [9.17, 15) is 4.79 Å². The molecule has 2 N–H and O–H groups in total. The van der Waals surface area contributed by atoms with Crippen LogP contribution in [0.1, 0.15) is 38.4 Å². The minimum absolute atomic E-state index is 0.213. The molecule has 1 aromatic heterocycles.